The lowest BCUT2D eigenvalue weighted by Crippen LogP contribution is -1.97. The third kappa shape index (κ3) is 3.95. The summed E-state index contributed by atoms with van der Waals surface area (Å²) in [4.78, 5) is 2.59. The number of aromatic nitrogens is 4. The quantitative estimate of drug-likeness (QED) is 0.157. The van der Waals surface area contributed by atoms with Gasteiger partial charge in [0, 0.05) is 53.8 Å². The molecular formula is C52H28N4S4. The van der Waals surface area contributed by atoms with Crippen molar-refractivity contribution in [1.82, 2.24) is 17.9 Å². The van der Waals surface area contributed by atoms with Gasteiger partial charge in [-0.1, -0.05) is 84.9 Å². The van der Waals surface area contributed by atoms with Crippen molar-refractivity contribution in [3.63, 3.8) is 0 Å². The zero-order chi connectivity index (χ0) is 38.8. The van der Waals surface area contributed by atoms with Gasteiger partial charge in [0.1, 0.15) is 0 Å². The first kappa shape index (κ1) is 32.2. The van der Waals surface area contributed by atoms with E-state index < -0.39 is 0 Å². The molecule has 9 heterocycles. The maximum atomic E-state index is 2.56. The predicted molar refractivity (Wildman–Crippen MR) is 261 cm³/mol. The highest BCUT2D eigenvalue weighted by Crippen LogP contribution is 2.51. The summed E-state index contributed by atoms with van der Waals surface area (Å²) in [5, 5.41) is 9.64. The normalized spacial score (nSPS) is 12.7. The summed E-state index contributed by atoms with van der Waals surface area (Å²) in [6.07, 6.45) is 0. The van der Waals surface area contributed by atoms with Crippen LogP contribution in [0.25, 0.3) is 128 Å². The second kappa shape index (κ2) is 11.5. The minimum absolute atomic E-state index is 1.20. The third-order valence-corrected chi connectivity index (χ3v) is 17.2. The Hall–Kier alpha value is -6.68. The average molecular weight is 837 g/mol. The van der Waals surface area contributed by atoms with Gasteiger partial charge in [0.05, 0.1) is 74.0 Å². The van der Waals surface area contributed by atoms with Gasteiger partial charge in [0.2, 0.25) is 0 Å². The highest BCUT2D eigenvalue weighted by Gasteiger charge is 2.27. The number of fused-ring (bicyclic) bond motifs is 14. The first-order chi connectivity index (χ1) is 29.8. The van der Waals surface area contributed by atoms with E-state index in [1.807, 2.05) is 45.3 Å². The van der Waals surface area contributed by atoms with E-state index in [-0.39, 0.29) is 0 Å². The highest BCUT2D eigenvalue weighted by atomic mass is 32.1. The lowest BCUT2D eigenvalue weighted by molar-refractivity contribution is 1.18. The Morgan fingerprint density at radius 3 is 1.23 bits per heavy atom. The molecule has 0 aliphatic heterocycles. The average Bonchev–Trinajstić information content (AvgIpc) is 4.16. The van der Waals surface area contributed by atoms with Crippen LogP contribution in [-0.4, -0.2) is 17.9 Å². The molecule has 0 bridgehead atoms. The number of hydrogen-bond donors (Lipinski definition) is 0. The first-order valence-corrected chi connectivity index (χ1v) is 23.5. The lowest BCUT2D eigenvalue weighted by atomic mass is 10.0. The summed E-state index contributed by atoms with van der Waals surface area (Å²) in [6.45, 7) is 0. The van der Waals surface area contributed by atoms with Gasteiger partial charge in [-0.3, -0.25) is 0 Å². The Kier molecular flexibility index (Phi) is 6.19. The maximum absolute atomic E-state index is 2.56. The zero-order valence-corrected chi connectivity index (χ0v) is 34.9. The Balaban J connectivity index is 1.04. The summed E-state index contributed by atoms with van der Waals surface area (Å²) < 4.78 is 15.4. The molecule has 4 nitrogen and oxygen atoms in total. The topological polar surface area (TPSA) is 18.7 Å². The molecule has 8 heteroatoms. The monoisotopic (exact) mass is 836 g/mol. The largest absolute Gasteiger partial charge is 0.307 e. The van der Waals surface area contributed by atoms with Gasteiger partial charge in [-0.25, -0.2) is 0 Å². The summed E-state index contributed by atoms with van der Waals surface area (Å²) in [5.74, 6) is 0. The van der Waals surface area contributed by atoms with E-state index >= 15 is 0 Å². The van der Waals surface area contributed by atoms with Crippen molar-refractivity contribution >= 4 is 141 Å². The molecule has 0 atom stereocenters. The van der Waals surface area contributed by atoms with Crippen molar-refractivity contribution < 1.29 is 0 Å². The molecular weight excluding hydrogens is 809 g/mol. The fraction of sp³-hybridized carbons (Fsp3) is 0. The second-order valence-corrected chi connectivity index (χ2v) is 19.6. The Bertz CT molecular complexity index is 3960. The van der Waals surface area contributed by atoms with Crippen LogP contribution in [0.15, 0.2) is 168 Å². The van der Waals surface area contributed by atoms with Crippen LogP contribution in [0.1, 0.15) is 0 Å². The van der Waals surface area contributed by atoms with Crippen LogP contribution in [0.3, 0.4) is 0 Å². The molecule has 15 aromatic rings. The molecule has 0 saturated carbocycles. The van der Waals surface area contributed by atoms with E-state index in [4.69, 9.17) is 0 Å². The number of hydrogen-bond acceptors (Lipinski definition) is 4. The van der Waals surface area contributed by atoms with Crippen LogP contribution >= 0.6 is 45.3 Å². The Labute approximate surface area is 357 Å². The van der Waals surface area contributed by atoms with Crippen LogP contribution in [-0.2, 0) is 0 Å². The van der Waals surface area contributed by atoms with Gasteiger partial charge in [-0.05, 0) is 83.6 Å². The standard InChI is InChI=1S/C52H28N4S4/c1-3-11-29(12-4-1)53-39-23-25-57-49(39)51-41(53)27-43(59-51)33-19-21-37-47-45(33)31-15-7-9-17-35(31)55(47)38-22-20-34(46-32-16-8-10-18-36(32)56(37)48(38)46)44-28-42-52(60-44)50-40(24-26-58-50)54(42)30-13-5-2-6-14-30/h1-28H. The molecule has 0 aliphatic rings. The molecule has 15 rings (SSSR count). The lowest BCUT2D eigenvalue weighted by Gasteiger charge is -2.14. The molecule has 60 heavy (non-hydrogen) atoms. The van der Waals surface area contributed by atoms with Crippen molar-refractivity contribution in [3.8, 4) is 32.3 Å². The summed E-state index contributed by atoms with van der Waals surface area (Å²) in [5.41, 5.74) is 17.5. The molecule has 0 amide bonds. The number of para-hydroxylation sites is 4. The summed E-state index contributed by atoms with van der Waals surface area (Å²) >= 11 is 7.53. The minimum atomic E-state index is 1.20. The van der Waals surface area contributed by atoms with Crippen molar-refractivity contribution in [2.75, 3.05) is 0 Å². The Morgan fingerprint density at radius 2 is 0.767 bits per heavy atom. The molecule has 0 N–H and O–H groups in total. The molecule has 0 unspecified atom stereocenters. The van der Waals surface area contributed by atoms with Gasteiger partial charge < -0.3 is 17.9 Å². The number of thiophene rings is 4. The van der Waals surface area contributed by atoms with E-state index in [9.17, 15) is 0 Å². The maximum Gasteiger partial charge on any atom is 0.0789 e. The van der Waals surface area contributed by atoms with E-state index in [0.29, 0.717) is 0 Å². The van der Waals surface area contributed by atoms with Crippen LogP contribution in [0.2, 0.25) is 0 Å². The molecule has 0 aliphatic carbocycles. The van der Waals surface area contributed by atoms with E-state index in [1.54, 1.807) is 0 Å². The summed E-state index contributed by atoms with van der Waals surface area (Å²) in [6, 6.07) is 58.6. The molecule has 0 spiro atoms. The van der Waals surface area contributed by atoms with Crippen LogP contribution in [0.5, 0.6) is 0 Å². The van der Waals surface area contributed by atoms with Crippen molar-refractivity contribution in [2.24, 2.45) is 0 Å². The van der Waals surface area contributed by atoms with E-state index in [1.165, 1.54) is 128 Å². The van der Waals surface area contributed by atoms with Gasteiger partial charge in [-0.2, -0.15) is 0 Å². The molecule has 9 aromatic heterocycles. The molecule has 280 valence electrons. The van der Waals surface area contributed by atoms with Gasteiger partial charge in [0.25, 0.3) is 0 Å². The Morgan fingerprint density at radius 1 is 0.333 bits per heavy atom. The first-order valence-electron chi connectivity index (χ1n) is 20.1. The van der Waals surface area contributed by atoms with Crippen LogP contribution < -0.4 is 0 Å². The highest BCUT2D eigenvalue weighted by molar-refractivity contribution is 7.29. The SMILES string of the molecule is c1ccc(-n2c3ccsc3c3sc(-c4ccc5c6c4c4ccccc4n6c4ccc(-c6cc7c(s6)c6sccc6n7-c6ccccc6)c6c7ccccc7n5c64)cc32)cc1. The zero-order valence-electron chi connectivity index (χ0n) is 31.6. The van der Waals surface area contributed by atoms with Gasteiger partial charge >= 0.3 is 0 Å². The number of rotatable bonds is 4. The third-order valence-electron chi connectivity index (χ3n) is 12.7. The van der Waals surface area contributed by atoms with Crippen molar-refractivity contribution in [1.29, 1.82) is 0 Å². The predicted octanol–water partition coefficient (Wildman–Crippen LogP) is 16.0. The molecule has 6 aromatic carbocycles. The minimum Gasteiger partial charge on any atom is -0.307 e. The van der Waals surface area contributed by atoms with Crippen LogP contribution in [0, 0.1) is 0 Å². The fourth-order valence-corrected chi connectivity index (χ4v) is 14.8. The second-order valence-electron chi connectivity index (χ2n) is 15.7. The fourth-order valence-electron chi connectivity index (χ4n) is 10.4. The number of benzene rings is 6. The number of nitrogens with zero attached hydrogens (tertiary/aromatic N) is 4. The molecule has 0 saturated heterocycles. The van der Waals surface area contributed by atoms with Crippen molar-refractivity contribution in [2.45, 2.75) is 0 Å². The van der Waals surface area contributed by atoms with Crippen molar-refractivity contribution in [3.05, 3.63) is 168 Å². The molecule has 0 radical (unpaired) electrons. The van der Waals surface area contributed by atoms with E-state index in [0.717, 1.165) is 0 Å². The van der Waals surface area contributed by atoms with E-state index in [2.05, 4.69) is 186 Å². The van der Waals surface area contributed by atoms with Gasteiger partial charge in [-0.15, -0.1) is 45.3 Å². The smallest absolute Gasteiger partial charge is 0.0789 e. The van der Waals surface area contributed by atoms with Crippen LogP contribution in [0.4, 0.5) is 0 Å². The summed E-state index contributed by atoms with van der Waals surface area (Å²) in [7, 11) is 0. The molecule has 0 fully saturated rings. The van der Waals surface area contributed by atoms with Gasteiger partial charge in [0.15, 0.2) is 0 Å².